The number of carbonyl (C=O) groups is 2. The number of hydrogen-bond donors (Lipinski definition) is 4. The van der Waals surface area contributed by atoms with Gasteiger partial charge in [0.2, 0.25) is 0 Å². The largest absolute Gasteiger partial charge is 0.403 e. The van der Waals surface area contributed by atoms with Gasteiger partial charge in [-0.15, -0.1) is 0 Å². The molecule has 0 aromatic carbocycles. The molecule has 0 unspecified atom stereocenters. The maximum Gasteiger partial charge on any atom is 0.272 e. The highest BCUT2D eigenvalue weighted by molar-refractivity contribution is 6.45. The van der Waals surface area contributed by atoms with Gasteiger partial charge < -0.3 is 22.5 Å². The predicted octanol–water partition coefficient (Wildman–Crippen LogP) is 2.37. The Hall–Kier alpha value is -3.81. The van der Waals surface area contributed by atoms with Gasteiger partial charge in [-0.25, -0.2) is 4.99 Å². The number of allylic oxidation sites excluding steroid dienone is 5. The molecule has 8 heteroatoms. The Morgan fingerprint density at radius 2 is 1.88 bits per heavy atom. The second-order valence-corrected chi connectivity index (χ2v) is 7.64. The maximum atomic E-state index is 13.7. The lowest BCUT2D eigenvalue weighted by Crippen LogP contribution is -2.41. The Morgan fingerprint density at radius 3 is 2.47 bits per heavy atom. The van der Waals surface area contributed by atoms with E-state index in [1.165, 1.54) is 17.3 Å². The van der Waals surface area contributed by atoms with E-state index in [4.69, 9.17) is 17.2 Å². The van der Waals surface area contributed by atoms with Crippen molar-refractivity contribution in [1.29, 1.82) is 0 Å². The van der Waals surface area contributed by atoms with E-state index in [0.29, 0.717) is 17.0 Å². The minimum absolute atomic E-state index is 0.00573. The predicted molar refractivity (Wildman–Crippen MR) is 128 cm³/mol. The molecule has 0 saturated carbocycles. The van der Waals surface area contributed by atoms with E-state index in [9.17, 15) is 9.59 Å². The van der Waals surface area contributed by atoms with E-state index >= 15 is 0 Å². The van der Waals surface area contributed by atoms with Gasteiger partial charge in [0.15, 0.2) is 0 Å². The number of nitrogens with zero attached hydrogens (tertiary/aromatic N) is 2. The van der Waals surface area contributed by atoms with Crippen LogP contribution in [-0.4, -0.2) is 29.0 Å². The average molecular weight is 437 g/mol. The summed E-state index contributed by atoms with van der Waals surface area (Å²) in [6.07, 6.45) is 11.6. The molecule has 2 aliphatic rings. The van der Waals surface area contributed by atoms with Crippen LogP contribution >= 0.6 is 0 Å². The molecular formula is C24H32N6O2. The summed E-state index contributed by atoms with van der Waals surface area (Å²) >= 11 is 0. The van der Waals surface area contributed by atoms with Crippen LogP contribution in [0.2, 0.25) is 0 Å². The van der Waals surface area contributed by atoms with E-state index in [1.54, 1.807) is 0 Å². The number of carbonyl (C=O) groups excluding carboxylic acids is 2. The van der Waals surface area contributed by atoms with Crippen molar-refractivity contribution in [1.82, 2.24) is 10.2 Å². The fourth-order valence-corrected chi connectivity index (χ4v) is 3.56. The van der Waals surface area contributed by atoms with E-state index < -0.39 is 5.91 Å². The molecule has 0 aliphatic heterocycles. The van der Waals surface area contributed by atoms with Crippen LogP contribution in [0.1, 0.15) is 39.5 Å². The normalized spacial score (nSPS) is 16.8. The lowest BCUT2D eigenvalue weighted by atomic mass is 9.94. The molecule has 0 radical (unpaired) electrons. The van der Waals surface area contributed by atoms with Gasteiger partial charge >= 0.3 is 0 Å². The van der Waals surface area contributed by atoms with Crippen molar-refractivity contribution in [2.24, 2.45) is 22.2 Å². The highest BCUT2D eigenvalue weighted by Crippen LogP contribution is 2.30. The summed E-state index contributed by atoms with van der Waals surface area (Å²) in [5.41, 5.74) is 21.0. The van der Waals surface area contributed by atoms with Crippen LogP contribution < -0.4 is 22.5 Å². The topological polar surface area (TPSA) is 140 Å². The van der Waals surface area contributed by atoms with Gasteiger partial charge in [-0.05, 0) is 45.1 Å². The smallest absolute Gasteiger partial charge is 0.272 e. The van der Waals surface area contributed by atoms with Crippen LogP contribution in [0.25, 0.3) is 0 Å². The third-order valence-corrected chi connectivity index (χ3v) is 5.19. The van der Waals surface area contributed by atoms with E-state index in [2.05, 4.69) is 29.5 Å². The molecule has 7 N–H and O–H groups in total. The zero-order chi connectivity index (χ0) is 23.8. The minimum Gasteiger partial charge on any atom is -0.403 e. The van der Waals surface area contributed by atoms with Crippen molar-refractivity contribution in [3.05, 3.63) is 83.3 Å². The summed E-state index contributed by atoms with van der Waals surface area (Å²) in [7, 11) is 0. The average Bonchev–Trinajstić information content (AvgIpc) is 2.73. The fraction of sp³-hybridized carbons (Fsp3) is 0.292. The standard InChI is InChI=1S/C24H32N6O2/c1-15-8-5-6-11-20(15)30(24(32)21-16(2)9-7-10-19(21)27)17(3)14-29-23(31)22(18(4)26)28-13-12-25/h8,10-13H,3-7,9,14,25-27H2,1-2H3,(H,29,31)/b13-12-,28-22+. The lowest BCUT2D eigenvalue weighted by molar-refractivity contribution is -0.124. The molecule has 0 bridgehead atoms. The molecule has 2 rings (SSSR count). The summed E-state index contributed by atoms with van der Waals surface area (Å²) in [6, 6.07) is 0. The lowest BCUT2D eigenvalue weighted by Gasteiger charge is -2.32. The van der Waals surface area contributed by atoms with Crippen molar-refractivity contribution in [2.75, 3.05) is 6.54 Å². The van der Waals surface area contributed by atoms with Gasteiger partial charge in [0, 0.05) is 29.5 Å². The summed E-state index contributed by atoms with van der Waals surface area (Å²) in [5.74, 6) is -0.819. The Bertz CT molecular complexity index is 1010. The first-order valence-corrected chi connectivity index (χ1v) is 10.4. The Balaban J connectivity index is 2.34. The quantitative estimate of drug-likeness (QED) is 0.433. The molecule has 170 valence electrons. The second-order valence-electron chi connectivity index (χ2n) is 7.64. The van der Waals surface area contributed by atoms with E-state index in [1.807, 2.05) is 26.0 Å². The molecule has 0 atom stereocenters. The van der Waals surface area contributed by atoms with Gasteiger partial charge in [-0.2, -0.15) is 0 Å². The van der Waals surface area contributed by atoms with Gasteiger partial charge in [0.1, 0.15) is 5.71 Å². The van der Waals surface area contributed by atoms with E-state index in [-0.39, 0.29) is 23.9 Å². The van der Waals surface area contributed by atoms with Crippen LogP contribution in [-0.2, 0) is 9.59 Å². The molecule has 0 aromatic heterocycles. The first-order valence-electron chi connectivity index (χ1n) is 10.4. The van der Waals surface area contributed by atoms with Crippen molar-refractivity contribution < 1.29 is 9.59 Å². The summed E-state index contributed by atoms with van der Waals surface area (Å²) < 4.78 is 0. The van der Waals surface area contributed by atoms with Gasteiger partial charge in [-0.1, -0.05) is 37.0 Å². The van der Waals surface area contributed by atoms with E-state index in [0.717, 1.165) is 42.5 Å². The number of hydrogen-bond acceptors (Lipinski definition) is 6. The highest BCUT2D eigenvalue weighted by Gasteiger charge is 2.29. The zero-order valence-electron chi connectivity index (χ0n) is 18.8. The Morgan fingerprint density at radius 1 is 1.19 bits per heavy atom. The molecule has 32 heavy (non-hydrogen) atoms. The summed E-state index contributed by atoms with van der Waals surface area (Å²) in [5, 5.41) is 2.70. The fourth-order valence-electron chi connectivity index (χ4n) is 3.56. The van der Waals surface area contributed by atoms with Crippen molar-refractivity contribution >= 4 is 17.5 Å². The zero-order valence-corrected chi connectivity index (χ0v) is 18.8. The first-order chi connectivity index (χ1) is 15.2. The number of nitrogens with one attached hydrogen (secondary N) is 1. The molecule has 2 aliphatic carbocycles. The van der Waals surface area contributed by atoms with Crippen LogP contribution in [0, 0.1) is 0 Å². The molecular weight excluding hydrogens is 404 g/mol. The molecule has 2 amide bonds. The minimum atomic E-state index is -0.554. The third kappa shape index (κ3) is 5.66. The van der Waals surface area contributed by atoms with Gasteiger partial charge in [0.25, 0.3) is 11.8 Å². The molecule has 0 aromatic rings. The SMILES string of the molecule is C=C(N)/C(=N\C=C/N)C(=O)NCC(=C)N(C(=O)C1=C(C)CCC=C1N)C1=CCCC=C1C. The summed E-state index contributed by atoms with van der Waals surface area (Å²) in [4.78, 5) is 31.7. The molecule has 8 nitrogen and oxygen atoms in total. The number of amides is 2. The maximum absolute atomic E-state index is 13.7. The monoisotopic (exact) mass is 436 g/mol. The van der Waals surface area contributed by atoms with Crippen LogP contribution in [0.4, 0.5) is 0 Å². The van der Waals surface area contributed by atoms with Gasteiger partial charge in [-0.3, -0.25) is 14.5 Å². The van der Waals surface area contributed by atoms with Crippen LogP contribution in [0.15, 0.2) is 88.3 Å². The van der Waals surface area contributed by atoms with Crippen LogP contribution in [0.3, 0.4) is 0 Å². The van der Waals surface area contributed by atoms with Crippen LogP contribution in [0.5, 0.6) is 0 Å². The first kappa shape index (κ1) is 24.5. The number of aliphatic imine (C=N–C) groups is 1. The van der Waals surface area contributed by atoms with Crippen molar-refractivity contribution in [3.8, 4) is 0 Å². The highest BCUT2D eigenvalue weighted by atomic mass is 16.2. The third-order valence-electron chi connectivity index (χ3n) is 5.19. The van der Waals surface area contributed by atoms with Crippen molar-refractivity contribution in [3.63, 3.8) is 0 Å². The molecule has 0 heterocycles. The Labute approximate surface area is 189 Å². The summed E-state index contributed by atoms with van der Waals surface area (Å²) in [6.45, 7) is 11.5. The number of nitrogens with two attached hydrogens (primary N) is 3. The van der Waals surface area contributed by atoms with Crippen molar-refractivity contribution in [2.45, 2.75) is 39.5 Å². The Kier molecular flexibility index (Phi) is 8.40. The molecule has 0 fully saturated rings. The number of rotatable bonds is 8. The molecule has 0 spiro atoms. The second kappa shape index (κ2) is 11.0. The molecule has 0 saturated heterocycles. The van der Waals surface area contributed by atoms with Gasteiger partial charge in [0.05, 0.1) is 17.8 Å².